The summed E-state index contributed by atoms with van der Waals surface area (Å²) in [4.78, 5) is 0. The summed E-state index contributed by atoms with van der Waals surface area (Å²) in [6.45, 7) is 3.81. The Morgan fingerprint density at radius 1 is 1.33 bits per heavy atom. The van der Waals surface area contributed by atoms with Crippen molar-refractivity contribution < 1.29 is 14.6 Å². The van der Waals surface area contributed by atoms with E-state index in [1.54, 1.807) is 0 Å². The number of thiol groups is 1. The average Bonchev–Trinajstić information content (AvgIpc) is 2.05. The molecule has 1 N–H and O–H groups in total. The van der Waals surface area contributed by atoms with E-state index in [0.29, 0.717) is 25.4 Å². The van der Waals surface area contributed by atoms with Gasteiger partial charge in [0.2, 0.25) is 0 Å². The molecular formula is C8H18O3S. The molecule has 0 aliphatic carbocycles. The van der Waals surface area contributed by atoms with Gasteiger partial charge in [0.15, 0.2) is 6.29 Å². The van der Waals surface area contributed by atoms with Crippen LogP contribution in [0, 0.1) is 0 Å². The quantitative estimate of drug-likeness (QED) is 0.345. The van der Waals surface area contributed by atoms with Gasteiger partial charge in [0.1, 0.15) is 0 Å². The van der Waals surface area contributed by atoms with Crippen molar-refractivity contribution in [3.8, 4) is 0 Å². The molecule has 0 rings (SSSR count). The van der Waals surface area contributed by atoms with E-state index >= 15 is 0 Å². The Balaban J connectivity index is 2.97. The highest BCUT2D eigenvalue weighted by Gasteiger charge is 2.00. The van der Waals surface area contributed by atoms with Crippen LogP contribution in [0.3, 0.4) is 0 Å². The molecule has 0 saturated heterocycles. The monoisotopic (exact) mass is 194 g/mol. The molecule has 0 radical (unpaired) electrons. The standard InChI is InChI=1S/C8H18O3S/c1-2-4-10-5-6-11-8(9)3-7-12/h8-9,12H,2-7H2,1H3. The van der Waals surface area contributed by atoms with Gasteiger partial charge in [-0.1, -0.05) is 6.92 Å². The molecule has 12 heavy (non-hydrogen) atoms. The zero-order valence-corrected chi connectivity index (χ0v) is 8.43. The van der Waals surface area contributed by atoms with E-state index in [4.69, 9.17) is 14.6 Å². The van der Waals surface area contributed by atoms with Gasteiger partial charge in [-0.2, -0.15) is 12.6 Å². The molecule has 0 bridgehead atoms. The maximum atomic E-state index is 9.08. The van der Waals surface area contributed by atoms with Gasteiger partial charge in [-0.3, -0.25) is 0 Å². The van der Waals surface area contributed by atoms with Crippen molar-refractivity contribution in [3.05, 3.63) is 0 Å². The number of hydrogen-bond donors (Lipinski definition) is 2. The normalized spacial score (nSPS) is 13.2. The summed E-state index contributed by atoms with van der Waals surface area (Å²) in [5.41, 5.74) is 0. The topological polar surface area (TPSA) is 38.7 Å². The first kappa shape index (κ1) is 12.2. The van der Waals surface area contributed by atoms with E-state index in [1.807, 2.05) is 0 Å². The Bertz CT molecular complexity index is 90.4. The van der Waals surface area contributed by atoms with Crippen molar-refractivity contribution in [2.45, 2.75) is 26.1 Å². The molecule has 1 atom stereocenters. The SMILES string of the molecule is CCCOCCOC(O)CCS. The zero-order chi connectivity index (χ0) is 9.23. The third-order valence-electron chi connectivity index (χ3n) is 1.26. The smallest absolute Gasteiger partial charge is 0.155 e. The lowest BCUT2D eigenvalue weighted by molar-refractivity contribution is -0.112. The molecule has 0 aromatic heterocycles. The average molecular weight is 194 g/mol. The number of hydrogen-bond acceptors (Lipinski definition) is 4. The van der Waals surface area contributed by atoms with E-state index in [9.17, 15) is 0 Å². The molecule has 0 saturated carbocycles. The summed E-state index contributed by atoms with van der Waals surface area (Å²) in [6, 6.07) is 0. The van der Waals surface area contributed by atoms with Crippen molar-refractivity contribution >= 4 is 12.6 Å². The Hall–Kier alpha value is 0.230. The molecule has 0 fully saturated rings. The first-order valence-corrected chi connectivity index (χ1v) is 4.92. The third kappa shape index (κ3) is 8.33. The minimum absolute atomic E-state index is 0.453. The van der Waals surface area contributed by atoms with E-state index in [2.05, 4.69) is 19.6 Å². The van der Waals surface area contributed by atoms with Gasteiger partial charge in [-0.05, 0) is 12.2 Å². The van der Waals surface area contributed by atoms with Gasteiger partial charge in [-0.25, -0.2) is 0 Å². The summed E-state index contributed by atoms with van der Waals surface area (Å²) in [5.74, 6) is 0.636. The summed E-state index contributed by atoms with van der Waals surface area (Å²) in [6.07, 6.45) is 0.892. The largest absolute Gasteiger partial charge is 0.379 e. The highest BCUT2D eigenvalue weighted by Crippen LogP contribution is 1.95. The molecule has 0 aliphatic rings. The Kier molecular flexibility index (Phi) is 9.50. The molecule has 0 aliphatic heterocycles. The van der Waals surface area contributed by atoms with Crippen LogP contribution in [0.2, 0.25) is 0 Å². The Morgan fingerprint density at radius 2 is 2.08 bits per heavy atom. The fourth-order valence-corrected chi connectivity index (χ4v) is 0.904. The minimum atomic E-state index is -0.687. The summed E-state index contributed by atoms with van der Waals surface area (Å²) < 4.78 is 10.2. The van der Waals surface area contributed by atoms with Crippen LogP contribution in [0.5, 0.6) is 0 Å². The van der Waals surface area contributed by atoms with Crippen molar-refractivity contribution in [2.75, 3.05) is 25.6 Å². The van der Waals surface area contributed by atoms with E-state index < -0.39 is 6.29 Å². The van der Waals surface area contributed by atoms with Gasteiger partial charge in [0.05, 0.1) is 13.2 Å². The number of aliphatic hydroxyl groups excluding tert-OH is 1. The number of rotatable bonds is 8. The predicted molar refractivity (Wildman–Crippen MR) is 51.5 cm³/mol. The van der Waals surface area contributed by atoms with Gasteiger partial charge in [-0.15, -0.1) is 0 Å². The summed E-state index contributed by atoms with van der Waals surface area (Å²) >= 11 is 3.97. The summed E-state index contributed by atoms with van der Waals surface area (Å²) in [5, 5.41) is 9.08. The molecule has 0 amide bonds. The van der Waals surface area contributed by atoms with Crippen molar-refractivity contribution in [1.29, 1.82) is 0 Å². The van der Waals surface area contributed by atoms with Crippen LogP contribution in [0.1, 0.15) is 19.8 Å². The van der Waals surface area contributed by atoms with Crippen molar-refractivity contribution in [1.82, 2.24) is 0 Å². The second-order valence-corrected chi connectivity index (χ2v) is 2.90. The van der Waals surface area contributed by atoms with Crippen molar-refractivity contribution in [2.24, 2.45) is 0 Å². The summed E-state index contributed by atoms with van der Waals surface area (Å²) in [7, 11) is 0. The van der Waals surface area contributed by atoms with Crippen LogP contribution in [0.25, 0.3) is 0 Å². The molecule has 1 unspecified atom stereocenters. The third-order valence-corrected chi connectivity index (χ3v) is 1.52. The molecule has 4 heteroatoms. The highest BCUT2D eigenvalue weighted by molar-refractivity contribution is 7.80. The first-order valence-electron chi connectivity index (χ1n) is 4.29. The fraction of sp³-hybridized carbons (Fsp3) is 1.00. The number of aliphatic hydroxyl groups is 1. The van der Waals surface area contributed by atoms with Crippen LogP contribution in [0.4, 0.5) is 0 Å². The molecule has 0 heterocycles. The van der Waals surface area contributed by atoms with Gasteiger partial charge >= 0.3 is 0 Å². The van der Waals surface area contributed by atoms with Crippen LogP contribution in [-0.2, 0) is 9.47 Å². The second kappa shape index (κ2) is 9.32. The lowest BCUT2D eigenvalue weighted by Crippen LogP contribution is -2.16. The first-order chi connectivity index (χ1) is 5.81. The lowest BCUT2D eigenvalue weighted by Gasteiger charge is -2.10. The zero-order valence-electron chi connectivity index (χ0n) is 7.53. The molecule has 0 aromatic carbocycles. The number of ether oxygens (including phenoxy) is 2. The molecular weight excluding hydrogens is 176 g/mol. The molecule has 0 aromatic rings. The van der Waals surface area contributed by atoms with Gasteiger partial charge < -0.3 is 14.6 Å². The van der Waals surface area contributed by atoms with Gasteiger partial charge in [0, 0.05) is 13.0 Å². The molecule has 74 valence electrons. The van der Waals surface area contributed by atoms with E-state index in [1.165, 1.54) is 0 Å². The maximum Gasteiger partial charge on any atom is 0.155 e. The van der Waals surface area contributed by atoms with Crippen LogP contribution >= 0.6 is 12.6 Å². The second-order valence-electron chi connectivity index (χ2n) is 2.45. The van der Waals surface area contributed by atoms with Crippen molar-refractivity contribution in [3.63, 3.8) is 0 Å². The Labute approximate surface area is 79.5 Å². The molecule has 0 spiro atoms. The van der Waals surface area contributed by atoms with E-state index in [-0.39, 0.29) is 0 Å². The fourth-order valence-electron chi connectivity index (χ4n) is 0.683. The van der Waals surface area contributed by atoms with Crippen LogP contribution < -0.4 is 0 Å². The predicted octanol–water partition coefficient (Wildman–Crippen LogP) is 1.07. The van der Waals surface area contributed by atoms with Gasteiger partial charge in [0.25, 0.3) is 0 Å². The Morgan fingerprint density at radius 3 is 2.67 bits per heavy atom. The molecule has 3 nitrogen and oxygen atoms in total. The lowest BCUT2D eigenvalue weighted by atomic mass is 10.5. The minimum Gasteiger partial charge on any atom is -0.379 e. The highest BCUT2D eigenvalue weighted by atomic mass is 32.1. The van der Waals surface area contributed by atoms with Crippen LogP contribution in [-0.4, -0.2) is 37.0 Å². The van der Waals surface area contributed by atoms with Crippen LogP contribution in [0.15, 0.2) is 0 Å². The van der Waals surface area contributed by atoms with E-state index in [0.717, 1.165) is 13.0 Å². The maximum absolute atomic E-state index is 9.08.